The van der Waals surface area contributed by atoms with E-state index in [1.54, 1.807) is 0 Å². The Morgan fingerprint density at radius 2 is 1.74 bits per heavy atom. The Kier molecular flexibility index (Phi) is 5.07. The number of nitrogens with two attached hydrogens (primary N) is 1. The predicted molar refractivity (Wildman–Crippen MR) is 77.0 cm³/mol. The van der Waals surface area contributed by atoms with Gasteiger partial charge in [-0.3, -0.25) is 0 Å². The third-order valence-electron chi connectivity index (χ3n) is 3.95. The predicted octanol–water partition coefficient (Wildman–Crippen LogP) is 1.93. The van der Waals surface area contributed by atoms with Crippen LogP contribution in [0.1, 0.15) is 50.9 Å². The topological polar surface area (TPSA) is 76.7 Å². The highest BCUT2D eigenvalue weighted by molar-refractivity contribution is 5.25. The standard InChI is InChI=1S/C14H25N5/c1-3-12-13(4-2)18-19-14(17-12)16-9-10-5-7-11(15)8-6-10/h10-11H,3-9,15H2,1-2H3,(H,16,17,19). The lowest BCUT2D eigenvalue weighted by atomic mass is 9.86. The van der Waals surface area contributed by atoms with Crippen molar-refractivity contribution in [2.75, 3.05) is 11.9 Å². The first-order valence-corrected chi connectivity index (χ1v) is 7.44. The molecular weight excluding hydrogens is 238 g/mol. The van der Waals surface area contributed by atoms with Gasteiger partial charge in [0, 0.05) is 12.6 Å². The fraction of sp³-hybridized carbons (Fsp3) is 0.786. The number of hydrogen-bond donors (Lipinski definition) is 2. The fourth-order valence-corrected chi connectivity index (χ4v) is 2.64. The molecule has 19 heavy (non-hydrogen) atoms. The van der Waals surface area contributed by atoms with Crippen LogP contribution < -0.4 is 11.1 Å². The quantitative estimate of drug-likeness (QED) is 0.848. The van der Waals surface area contributed by atoms with E-state index in [1.165, 1.54) is 12.8 Å². The summed E-state index contributed by atoms with van der Waals surface area (Å²) < 4.78 is 0. The molecule has 1 heterocycles. The summed E-state index contributed by atoms with van der Waals surface area (Å²) in [5.41, 5.74) is 7.99. The fourth-order valence-electron chi connectivity index (χ4n) is 2.64. The molecule has 0 saturated heterocycles. The van der Waals surface area contributed by atoms with Gasteiger partial charge in [0.05, 0.1) is 11.4 Å². The van der Waals surface area contributed by atoms with Gasteiger partial charge in [-0.15, -0.1) is 5.10 Å². The van der Waals surface area contributed by atoms with Gasteiger partial charge < -0.3 is 11.1 Å². The number of aryl methyl sites for hydroxylation is 2. The molecule has 0 aromatic carbocycles. The third kappa shape index (κ3) is 3.86. The van der Waals surface area contributed by atoms with E-state index in [2.05, 4.69) is 34.3 Å². The van der Waals surface area contributed by atoms with E-state index in [0.29, 0.717) is 17.9 Å². The Bertz CT molecular complexity index is 399. The summed E-state index contributed by atoms with van der Waals surface area (Å²) in [7, 11) is 0. The summed E-state index contributed by atoms with van der Waals surface area (Å²) >= 11 is 0. The second-order valence-corrected chi connectivity index (χ2v) is 5.40. The third-order valence-corrected chi connectivity index (χ3v) is 3.95. The smallest absolute Gasteiger partial charge is 0.242 e. The summed E-state index contributed by atoms with van der Waals surface area (Å²) in [6.45, 7) is 5.13. The molecule has 0 aliphatic heterocycles. The van der Waals surface area contributed by atoms with Gasteiger partial charge in [0.1, 0.15) is 0 Å². The van der Waals surface area contributed by atoms with Crippen molar-refractivity contribution in [2.24, 2.45) is 11.7 Å². The lowest BCUT2D eigenvalue weighted by Gasteiger charge is -2.26. The van der Waals surface area contributed by atoms with Crippen LogP contribution in [-0.4, -0.2) is 27.8 Å². The first-order chi connectivity index (χ1) is 9.22. The molecule has 1 aliphatic rings. The lowest BCUT2D eigenvalue weighted by molar-refractivity contribution is 0.338. The van der Waals surface area contributed by atoms with Gasteiger partial charge in [0.25, 0.3) is 0 Å². The van der Waals surface area contributed by atoms with Crippen LogP contribution in [0.2, 0.25) is 0 Å². The van der Waals surface area contributed by atoms with Gasteiger partial charge >= 0.3 is 0 Å². The highest BCUT2D eigenvalue weighted by Gasteiger charge is 2.18. The highest BCUT2D eigenvalue weighted by atomic mass is 15.2. The molecule has 1 fully saturated rings. The van der Waals surface area contributed by atoms with E-state index in [-0.39, 0.29) is 0 Å². The number of nitrogens with one attached hydrogen (secondary N) is 1. The van der Waals surface area contributed by atoms with Crippen LogP contribution in [0.3, 0.4) is 0 Å². The molecule has 0 bridgehead atoms. The second kappa shape index (κ2) is 6.80. The molecule has 0 atom stereocenters. The summed E-state index contributed by atoms with van der Waals surface area (Å²) in [5.74, 6) is 1.36. The van der Waals surface area contributed by atoms with Gasteiger partial charge in [-0.05, 0) is 44.4 Å². The van der Waals surface area contributed by atoms with Crippen LogP contribution in [0.5, 0.6) is 0 Å². The second-order valence-electron chi connectivity index (χ2n) is 5.40. The van der Waals surface area contributed by atoms with Gasteiger partial charge in [0.2, 0.25) is 5.95 Å². The number of anilines is 1. The maximum Gasteiger partial charge on any atom is 0.242 e. The van der Waals surface area contributed by atoms with Crippen molar-refractivity contribution in [1.29, 1.82) is 0 Å². The number of rotatable bonds is 5. The zero-order valence-corrected chi connectivity index (χ0v) is 12.0. The molecular formula is C14H25N5. The SMILES string of the molecule is CCc1nnc(NCC2CCC(N)CC2)nc1CC. The van der Waals surface area contributed by atoms with Crippen LogP contribution in [0.15, 0.2) is 0 Å². The van der Waals surface area contributed by atoms with Crippen LogP contribution in [0.4, 0.5) is 5.95 Å². The number of hydrogen-bond acceptors (Lipinski definition) is 5. The molecule has 5 nitrogen and oxygen atoms in total. The Hall–Kier alpha value is -1.23. The molecule has 1 aliphatic carbocycles. The molecule has 0 spiro atoms. The number of aromatic nitrogens is 3. The first kappa shape index (κ1) is 14.2. The first-order valence-electron chi connectivity index (χ1n) is 7.44. The van der Waals surface area contributed by atoms with E-state index in [4.69, 9.17) is 5.73 Å². The zero-order chi connectivity index (χ0) is 13.7. The average molecular weight is 263 g/mol. The van der Waals surface area contributed by atoms with Crippen molar-refractivity contribution in [3.8, 4) is 0 Å². The normalized spacial score (nSPS) is 23.3. The zero-order valence-electron chi connectivity index (χ0n) is 12.0. The minimum absolute atomic E-state index is 0.407. The summed E-state index contributed by atoms with van der Waals surface area (Å²) in [5, 5.41) is 11.7. The highest BCUT2D eigenvalue weighted by Crippen LogP contribution is 2.23. The molecule has 5 heteroatoms. The van der Waals surface area contributed by atoms with E-state index < -0.39 is 0 Å². The Morgan fingerprint density at radius 3 is 2.37 bits per heavy atom. The summed E-state index contributed by atoms with van der Waals surface area (Å²) in [4.78, 5) is 4.55. The van der Waals surface area contributed by atoms with Crippen LogP contribution >= 0.6 is 0 Å². The molecule has 1 aromatic rings. The van der Waals surface area contributed by atoms with Crippen molar-refractivity contribution >= 4 is 5.95 Å². The Labute approximate surface area is 115 Å². The molecule has 3 N–H and O–H groups in total. The monoisotopic (exact) mass is 263 g/mol. The Morgan fingerprint density at radius 1 is 1.05 bits per heavy atom. The van der Waals surface area contributed by atoms with E-state index in [0.717, 1.165) is 43.6 Å². The van der Waals surface area contributed by atoms with Crippen molar-refractivity contribution in [2.45, 2.75) is 58.4 Å². The van der Waals surface area contributed by atoms with E-state index in [9.17, 15) is 0 Å². The molecule has 0 unspecified atom stereocenters. The van der Waals surface area contributed by atoms with Crippen LogP contribution in [-0.2, 0) is 12.8 Å². The molecule has 1 aromatic heterocycles. The minimum Gasteiger partial charge on any atom is -0.353 e. The summed E-state index contributed by atoms with van der Waals surface area (Å²) in [6, 6.07) is 0.407. The molecule has 0 radical (unpaired) electrons. The van der Waals surface area contributed by atoms with Gasteiger partial charge in [-0.2, -0.15) is 5.10 Å². The van der Waals surface area contributed by atoms with Crippen molar-refractivity contribution < 1.29 is 0 Å². The lowest BCUT2D eigenvalue weighted by Crippen LogP contribution is -2.29. The van der Waals surface area contributed by atoms with Crippen LogP contribution in [0.25, 0.3) is 0 Å². The van der Waals surface area contributed by atoms with Crippen LogP contribution in [0, 0.1) is 5.92 Å². The van der Waals surface area contributed by atoms with Crippen molar-refractivity contribution in [1.82, 2.24) is 15.2 Å². The van der Waals surface area contributed by atoms with Gasteiger partial charge in [-0.1, -0.05) is 13.8 Å². The molecule has 106 valence electrons. The maximum absolute atomic E-state index is 5.92. The molecule has 1 saturated carbocycles. The molecule has 0 amide bonds. The van der Waals surface area contributed by atoms with Gasteiger partial charge in [-0.25, -0.2) is 4.98 Å². The van der Waals surface area contributed by atoms with Gasteiger partial charge in [0.15, 0.2) is 0 Å². The van der Waals surface area contributed by atoms with Crippen molar-refractivity contribution in [3.05, 3.63) is 11.4 Å². The average Bonchev–Trinajstić information content (AvgIpc) is 2.46. The molecule has 2 rings (SSSR count). The maximum atomic E-state index is 5.92. The van der Waals surface area contributed by atoms with E-state index >= 15 is 0 Å². The minimum atomic E-state index is 0.407. The van der Waals surface area contributed by atoms with Crippen molar-refractivity contribution in [3.63, 3.8) is 0 Å². The largest absolute Gasteiger partial charge is 0.353 e. The number of nitrogens with zero attached hydrogens (tertiary/aromatic N) is 3. The summed E-state index contributed by atoms with van der Waals surface area (Å²) in [6.07, 6.45) is 6.49. The Balaban J connectivity index is 1.89. The van der Waals surface area contributed by atoms with E-state index in [1.807, 2.05) is 0 Å².